The van der Waals surface area contributed by atoms with E-state index >= 15 is 0 Å². The molecule has 0 aromatic carbocycles. The highest BCUT2D eigenvalue weighted by Gasteiger charge is 2.20. The number of anilines is 1. The molecule has 108 valence electrons. The van der Waals surface area contributed by atoms with Gasteiger partial charge in [0.05, 0.1) is 0 Å². The van der Waals surface area contributed by atoms with Gasteiger partial charge in [0.25, 0.3) is 0 Å². The normalized spacial score (nSPS) is 15.9. The third-order valence-corrected chi connectivity index (χ3v) is 3.52. The highest BCUT2D eigenvalue weighted by molar-refractivity contribution is 5.85. The Labute approximate surface area is 117 Å². The van der Waals surface area contributed by atoms with Crippen LogP contribution in [-0.2, 0) is 4.79 Å². The Bertz CT molecular complexity index is 498. The van der Waals surface area contributed by atoms with Gasteiger partial charge in [-0.15, -0.1) is 0 Å². The second-order valence-corrected chi connectivity index (χ2v) is 4.92. The third kappa shape index (κ3) is 3.66. The first-order valence-corrected chi connectivity index (χ1v) is 6.61. The molecule has 0 atom stereocenters. The van der Waals surface area contributed by atoms with E-state index in [0.29, 0.717) is 11.7 Å². The van der Waals surface area contributed by atoms with Gasteiger partial charge in [-0.2, -0.15) is 0 Å². The predicted molar refractivity (Wildman–Crippen MR) is 72.5 cm³/mol. The molecular formula is C13H18N4O3. The van der Waals surface area contributed by atoms with E-state index in [-0.39, 0.29) is 11.6 Å². The summed E-state index contributed by atoms with van der Waals surface area (Å²) in [6.45, 7) is 3.88. The van der Waals surface area contributed by atoms with E-state index in [1.165, 1.54) is 12.4 Å². The number of carboxylic acids is 1. The first kappa shape index (κ1) is 14.2. The van der Waals surface area contributed by atoms with E-state index in [0.717, 1.165) is 32.5 Å². The summed E-state index contributed by atoms with van der Waals surface area (Å²) in [6, 6.07) is 1.42. The molecule has 2 heterocycles. The summed E-state index contributed by atoms with van der Waals surface area (Å²) < 4.78 is 0. The molecule has 0 aliphatic carbocycles. The van der Waals surface area contributed by atoms with Gasteiger partial charge in [-0.1, -0.05) is 0 Å². The number of rotatable bonds is 4. The number of nitrogens with one attached hydrogen (secondary N) is 1. The summed E-state index contributed by atoms with van der Waals surface area (Å²) in [7, 11) is 0. The summed E-state index contributed by atoms with van der Waals surface area (Å²) in [5.41, 5.74) is -0.0195. The second kappa shape index (κ2) is 6.31. The third-order valence-electron chi connectivity index (χ3n) is 3.52. The van der Waals surface area contributed by atoms with Crippen molar-refractivity contribution >= 4 is 17.7 Å². The molecule has 0 unspecified atom stereocenters. The summed E-state index contributed by atoms with van der Waals surface area (Å²) in [4.78, 5) is 31.5. The molecule has 20 heavy (non-hydrogen) atoms. The number of aromatic carboxylic acids is 1. The maximum Gasteiger partial charge on any atom is 0.354 e. The Hall–Kier alpha value is -2.18. The monoisotopic (exact) mass is 278 g/mol. The molecule has 7 nitrogen and oxygen atoms in total. The lowest BCUT2D eigenvalue weighted by molar-refractivity contribution is -0.130. The molecule has 7 heteroatoms. The lowest BCUT2D eigenvalue weighted by atomic mass is 9.97. The second-order valence-electron chi connectivity index (χ2n) is 4.92. The molecule has 1 aliphatic rings. The van der Waals surface area contributed by atoms with Gasteiger partial charge >= 0.3 is 5.97 Å². The number of amides is 1. The molecule has 1 aliphatic heterocycles. The zero-order chi connectivity index (χ0) is 14.5. The number of carbonyl (C=O) groups excluding carboxylic acids is 1. The molecule has 1 amide bonds. The van der Waals surface area contributed by atoms with E-state index in [2.05, 4.69) is 15.3 Å². The van der Waals surface area contributed by atoms with Crippen molar-refractivity contribution in [3.05, 3.63) is 18.1 Å². The Morgan fingerprint density at radius 2 is 2.10 bits per heavy atom. The van der Waals surface area contributed by atoms with Crippen molar-refractivity contribution in [1.29, 1.82) is 0 Å². The van der Waals surface area contributed by atoms with Crippen molar-refractivity contribution in [2.24, 2.45) is 5.92 Å². The number of carboxylic acid groups (broad SMARTS) is 1. The lowest BCUT2D eigenvalue weighted by Gasteiger charge is -2.31. The van der Waals surface area contributed by atoms with Crippen LogP contribution in [0.5, 0.6) is 0 Å². The maximum absolute atomic E-state index is 11.2. The summed E-state index contributed by atoms with van der Waals surface area (Å²) >= 11 is 0. The number of aromatic nitrogens is 2. The van der Waals surface area contributed by atoms with Gasteiger partial charge < -0.3 is 15.3 Å². The molecule has 0 spiro atoms. The minimum Gasteiger partial charge on any atom is -0.477 e. The average Bonchev–Trinajstić information content (AvgIpc) is 2.46. The maximum atomic E-state index is 11.2. The number of piperidine rings is 1. The van der Waals surface area contributed by atoms with E-state index < -0.39 is 5.97 Å². The molecular weight excluding hydrogens is 260 g/mol. The van der Waals surface area contributed by atoms with Gasteiger partial charge in [-0.25, -0.2) is 14.8 Å². The highest BCUT2D eigenvalue weighted by atomic mass is 16.4. The summed E-state index contributed by atoms with van der Waals surface area (Å²) in [6.07, 6.45) is 3.14. The van der Waals surface area contributed by atoms with Crippen LogP contribution in [0.25, 0.3) is 0 Å². The predicted octanol–water partition coefficient (Wildman–Crippen LogP) is 0.845. The Balaban J connectivity index is 1.83. The van der Waals surface area contributed by atoms with Crippen molar-refractivity contribution < 1.29 is 14.7 Å². The minimum atomic E-state index is -1.06. The molecule has 1 saturated heterocycles. The molecule has 2 rings (SSSR count). The number of likely N-dealkylation sites (tertiary alicyclic amines) is 1. The van der Waals surface area contributed by atoms with Gasteiger partial charge in [0.2, 0.25) is 5.91 Å². The quantitative estimate of drug-likeness (QED) is 0.847. The van der Waals surface area contributed by atoms with Crippen LogP contribution in [0.2, 0.25) is 0 Å². The Morgan fingerprint density at radius 3 is 2.70 bits per heavy atom. The van der Waals surface area contributed by atoms with Crippen LogP contribution in [0, 0.1) is 5.92 Å². The van der Waals surface area contributed by atoms with Crippen LogP contribution >= 0.6 is 0 Å². The highest BCUT2D eigenvalue weighted by Crippen LogP contribution is 2.17. The number of hydrogen-bond acceptors (Lipinski definition) is 5. The largest absolute Gasteiger partial charge is 0.477 e. The fourth-order valence-corrected chi connectivity index (χ4v) is 2.27. The SMILES string of the molecule is CC(=O)N1CCC(CNc2cc(C(=O)O)ncn2)CC1. The van der Waals surface area contributed by atoms with Crippen molar-refractivity contribution in [1.82, 2.24) is 14.9 Å². The van der Waals surface area contributed by atoms with Gasteiger partial charge in [0.1, 0.15) is 12.1 Å². The molecule has 1 fully saturated rings. The fourth-order valence-electron chi connectivity index (χ4n) is 2.27. The van der Waals surface area contributed by atoms with Gasteiger partial charge in [-0.05, 0) is 18.8 Å². The average molecular weight is 278 g/mol. The minimum absolute atomic E-state index is 0.0195. The van der Waals surface area contributed by atoms with Crippen LogP contribution in [-0.4, -0.2) is 51.5 Å². The smallest absolute Gasteiger partial charge is 0.354 e. The first-order valence-electron chi connectivity index (χ1n) is 6.61. The number of carbonyl (C=O) groups is 2. The summed E-state index contributed by atoms with van der Waals surface area (Å²) in [5.74, 6) is 0.0452. The van der Waals surface area contributed by atoms with E-state index in [1.807, 2.05) is 4.90 Å². The molecule has 0 bridgehead atoms. The van der Waals surface area contributed by atoms with Crippen LogP contribution < -0.4 is 5.32 Å². The van der Waals surface area contributed by atoms with Gasteiger partial charge in [0, 0.05) is 32.6 Å². The fraction of sp³-hybridized carbons (Fsp3) is 0.538. The van der Waals surface area contributed by atoms with Gasteiger partial charge in [0.15, 0.2) is 5.69 Å². The van der Waals surface area contributed by atoms with E-state index in [4.69, 9.17) is 5.11 Å². The molecule has 2 N–H and O–H groups in total. The zero-order valence-corrected chi connectivity index (χ0v) is 11.4. The van der Waals surface area contributed by atoms with Crippen LogP contribution in [0.15, 0.2) is 12.4 Å². The van der Waals surface area contributed by atoms with Crippen molar-refractivity contribution in [2.45, 2.75) is 19.8 Å². The van der Waals surface area contributed by atoms with Crippen LogP contribution in [0.4, 0.5) is 5.82 Å². The Kier molecular flexibility index (Phi) is 4.49. The van der Waals surface area contributed by atoms with E-state index in [9.17, 15) is 9.59 Å². The standard InChI is InChI=1S/C13H18N4O3/c1-9(18)17-4-2-10(3-5-17)7-14-12-6-11(13(19)20)15-8-16-12/h6,8,10H,2-5,7H2,1H3,(H,19,20)(H,14,15,16). The Morgan fingerprint density at radius 1 is 1.40 bits per heavy atom. The number of nitrogens with zero attached hydrogens (tertiary/aromatic N) is 3. The lowest BCUT2D eigenvalue weighted by Crippen LogP contribution is -2.38. The topological polar surface area (TPSA) is 95.4 Å². The van der Waals surface area contributed by atoms with Gasteiger partial charge in [-0.3, -0.25) is 4.79 Å². The van der Waals surface area contributed by atoms with Crippen LogP contribution in [0.3, 0.4) is 0 Å². The first-order chi connectivity index (χ1) is 9.56. The van der Waals surface area contributed by atoms with Crippen molar-refractivity contribution in [2.75, 3.05) is 25.0 Å². The zero-order valence-electron chi connectivity index (χ0n) is 11.4. The summed E-state index contributed by atoms with van der Waals surface area (Å²) in [5, 5.41) is 12.0. The van der Waals surface area contributed by atoms with Crippen molar-refractivity contribution in [3.63, 3.8) is 0 Å². The number of hydrogen-bond donors (Lipinski definition) is 2. The van der Waals surface area contributed by atoms with Crippen molar-refractivity contribution in [3.8, 4) is 0 Å². The molecule has 1 aromatic rings. The molecule has 0 radical (unpaired) electrons. The molecule has 1 aromatic heterocycles. The van der Waals surface area contributed by atoms with Crippen LogP contribution in [0.1, 0.15) is 30.3 Å². The van der Waals surface area contributed by atoms with E-state index in [1.54, 1.807) is 6.92 Å². The molecule has 0 saturated carbocycles.